The number of hydrogen-bond acceptors (Lipinski definition) is 2. The standard InChI is InChI=1S/C18H29FN4/c1-4-23-11-5-6-16(23)12-21-17(20)22-13-18(2,3)14-7-9-15(19)10-8-14/h7-10,16H,4-6,11-13H2,1-3H3,(H3,20,21,22). The fourth-order valence-electron chi connectivity index (χ4n) is 3.10. The minimum absolute atomic E-state index is 0.178. The highest BCUT2D eigenvalue weighted by Crippen LogP contribution is 2.23. The topological polar surface area (TPSA) is 53.6 Å². The second-order valence-electron chi connectivity index (χ2n) is 6.90. The van der Waals surface area contributed by atoms with E-state index in [9.17, 15) is 4.39 Å². The third-order valence-electron chi connectivity index (χ3n) is 4.69. The molecule has 4 nitrogen and oxygen atoms in total. The highest BCUT2D eigenvalue weighted by Gasteiger charge is 2.23. The Labute approximate surface area is 139 Å². The number of guanidine groups is 1. The van der Waals surface area contributed by atoms with Gasteiger partial charge in [0, 0.05) is 18.0 Å². The van der Waals surface area contributed by atoms with E-state index in [0.29, 0.717) is 18.5 Å². The van der Waals surface area contributed by atoms with Gasteiger partial charge in [0.15, 0.2) is 5.96 Å². The molecule has 0 saturated carbocycles. The molecule has 1 aliphatic rings. The zero-order valence-corrected chi connectivity index (χ0v) is 14.5. The molecule has 0 aliphatic carbocycles. The van der Waals surface area contributed by atoms with Crippen LogP contribution in [0.25, 0.3) is 0 Å². The van der Waals surface area contributed by atoms with Gasteiger partial charge in [-0.1, -0.05) is 32.9 Å². The quantitative estimate of drug-likeness (QED) is 0.625. The normalized spacial score (nSPS) is 20.0. The number of rotatable bonds is 6. The number of nitrogens with one attached hydrogen (secondary N) is 1. The van der Waals surface area contributed by atoms with Crippen LogP contribution in [0.1, 0.15) is 39.2 Å². The second kappa shape index (κ2) is 7.77. The number of benzene rings is 1. The van der Waals surface area contributed by atoms with Crippen LogP contribution in [0.3, 0.4) is 0 Å². The molecule has 0 aromatic heterocycles. The van der Waals surface area contributed by atoms with E-state index in [1.165, 1.54) is 31.5 Å². The minimum atomic E-state index is -0.216. The van der Waals surface area contributed by atoms with Crippen molar-refractivity contribution >= 4 is 5.96 Å². The SMILES string of the molecule is CCN1CCCC1CNC(N)=NCC(C)(C)c1ccc(F)cc1. The van der Waals surface area contributed by atoms with E-state index in [4.69, 9.17) is 5.73 Å². The van der Waals surface area contributed by atoms with Gasteiger partial charge < -0.3 is 11.1 Å². The number of likely N-dealkylation sites (tertiary alicyclic amines) is 1. The van der Waals surface area contributed by atoms with E-state index < -0.39 is 0 Å². The van der Waals surface area contributed by atoms with Crippen molar-refractivity contribution < 1.29 is 4.39 Å². The predicted octanol–water partition coefficient (Wildman–Crippen LogP) is 2.49. The number of nitrogens with two attached hydrogens (primary N) is 1. The molecule has 0 bridgehead atoms. The molecule has 2 rings (SSSR count). The Bertz CT molecular complexity index is 524. The molecule has 1 heterocycles. The first-order chi connectivity index (χ1) is 10.9. The lowest BCUT2D eigenvalue weighted by Gasteiger charge is -2.25. The summed E-state index contributed by atoms with van der Waals surface area (Å²) >= 11 is 0. The third kappa shape index (κ3) is 4.93. The molecule has 1 aliphatic heterocycles. The monoisotopic (exact) mass is 320 g/mol. The summed E-state index contributed by atoms with van der Waals surface area (Å²) in [6.45, 7) is 10.1. The molecule has 0 amide bonds. The highest BCUT2D eigenvalue weighted by atomic mass is 19.1. The van der Waals surface area contributed by atoms with Crippen LogP contribution < -0.4 is 11.1 Å². The van der Waals surface area contributed by atoms with Crippen LogP contribution in [0.15, 0.2) is 29.3 Å². The van der Waals surface area contributed by atoms with Crippen LogP contribution in [0.4, 0.5) is 4.39 Å². The summed E-state index contributed by atoms with van der Waals surface area (Å²) in [6.07, 6.45) is 2.48. The molecular weight excluding hydrogens is 291 g/mol. The van der Waals surface area contributed by atoms with E-state index in [1.807, 2.05) is 12.1 Å². The summed E-state index contributed by atoms with van der Waals surface area (Å²) in [5.74, 6) is 0.273. The van der Waals surface area contributed by atoms with Crippen LogP contribution in [0.5, 0.6) is 0 Å². The summed E-state index contributed by atoms with van der Waals surface area (Å²) < 4.78 is 13.0. The van der Waals surface area contributed by atoms with Crippen molar-refractivity contribution in [2.75, 3.05) is 26.2 Å². The van der Waals surface area contributed by atoms with Gasteiger partial charge in [0.05, 0.1) is 6.54 Å². The molecule has 1 aromatic carbocycles. The first-order valence-electron chi connectivity index (χ1n) is 8.46. The Kier molecular flexibility index (Phi) is 5.99. The summed E-state index contributed by atoms with van der Waals surface area (Å²) in [5, 5.41) is 3.25. The van der Waals surface area contributed by atoms with Crippen LogP contribution in [0.2, 0.25) is 0 Å². The Morgan fingerprint density at radius 2 is 2.09 bits per heavy atom. The lowest BCUT2D eigenvalue weighted by atomic mass is 9.85. The number of halogens is 1. The zero-order valence-electron chi connectivity index (χ0n) is 14.5. The van der Waals surface area contributed by atoms with Crippen molar-refractivity contribution in [3.63, 3.8) is 0 Å². The molecule has 128 valence electrons. The van der Waals surface area contributed by atoms with Crippen molar-refractivity contribution in [2.45, 2.75) is 45.1 Å². The average molecular weight is 320 g/mol. The fraction of sp³-hybridized carbons (Fsp3) is 0.611. The first kappa shape index (κ1) is 17.7. The van der Waals surface area contributed by atoms with Gasteiger partial charge >= 0.3 is 0 Å². The largest absolute Gasteiger partial charge is 0.370 e. The Morgan fingerprint density at radius 1 is 1.39 bits per heavy atom. The smallest absolute Gasteiger partial charge is 0.188 e. The lowest BCUT2D eigenvalue weighted by molar-refractivity contribution is 0.267. The van der Waals surface area contributed by atoms with Crippen molar-refractivity contribution in [3.05, 3.63) is 35.6 Å². The molecule has 1 aromatic rings. The van der Waals surface area contributed by atoms with Crippen LogP contribution in [0, 0.1) is 5.82 Å². The van der Waals surface area contributed by atoms with Crippen LogP contribution in [-0.2, 0) is 5.41 Å². The molecule has 1 saturated heterocycles. The maximum absolute atomic E-state index is 13.0. The number of likely N-dealkylation sites (N-methyl/N-ethyl adjacent to an activating group) is 1. The van der Waals surface area contributed by atoms with E-state index in [0.717, 1.165) is 18.7 Å². The molecule has 0 spiro atoms. The molecule has 1 fully saturated rings. The molecule has 1 atom stereocenters. The van der Waals surface area contributed by atoms with Gasteiger partial charge in [-0.05, 0) is 43.6 Å². The number of aliphatic imine (C=N–C) groups is 1. The first-order valence-corrected chi connectivity index (χ1v) is 8.46. The minimum Gasteiger partial charge on any atom is -0.370 e. The molecule has 0 radical (unpaired) electrons. The number of hydrogen-bond donors (Lipinski definition) is 2. The highest BCUT2D eigenvalue weighted by molar-refractivity contribution is 5.77. The van der Waals surface area contributed by atoms with E-state index in [-0.39, 0.29) is 11.2 Å². The van der Waals surface area contributed by atoms with Crippen molar-refractivity contribution in [1.82, 2.24) is 10.2 Å². The van der Waals surface area contributed by atoms with Crippen molar-refractivity contribution in [1.29, 1.82) is 0 Å². The van der Waals surface area contributed by atoms with Gasteiger partial charge in [0.1, 0.15) is 5.82 Å². The third-order valence-corrected chi connectivity index (χ3v) is 4.69. The van der Waals surface area contributed by atoms with Gasteiger partial charge in [0.2, 0.25) is 0 Å². The maximum Gasteiger partial charge on any atom is 0.188 e. The molecule has 1 unspecified atom stereocenters. The van der Waals surface area contributed by atoms with Gasteiger partial charge in [-0.15, -0.1) is 0 Å². The van der Waals surface area contributed by atoms with Crippen LogP contribution in [-0.4, -0.2) is 43.1 Å². The van der Waals surface area contributed by atoms with Gasteiger partial charge in [-0.3, -0.25) is 9.89 Å². The maximum atomic E-state index is 13.0. The Balaban J connectivity index is 1.87. The second-order valence-corrected chi connectivity index (χ2v) is 6.90. The summed E-state index contributed by atoms with van der Waals surface area (Å²) in [7, 11) is 0. The lowest BCUT2D eigenvalue weighted by Crippen LogP contribution is -2.43. The average Bonchev–Trinajstić information content (AvgIpc) is 2.99. The van der Waals surface area contributed by atoms with Crippen molar-refractivity contribution in [2.24, 2.45) is 10.7 Å². The molecule has 23 heavy (non-hydrogen) atoms. The van der Waals surface area contributed by atoms with E-state index >= 15 is 0 Å². The van der Waals surface area contributed by atoms with Gasteiger partial charge in [0.25, 0.3) is 0 Å². The van der Waals surface area contributed by atoms with E-state index in [1.54, 1.807) is 0 Å². The summed E-state index contributed by atoms with van der Waals surface area (Å²) in [5.41, 5.74) is 6.89. The molecule has 5 heteroatoms. The summed E-state index contributed by atoms with van der Waals surface area (Å²) in [6, 6.07) is 7.15. The van der Waals surface area contributed by atoms with Crippen molar-refractivity contribution in [3.8, 4) is 0 Å². The van der Waals surface area contributed by atoms with Gasteiger partial charge in [-0.2, -0.15) is 0 Å². The van der Waals surface area contributed by atoms with E-state index in [2.05, 4.69) is 36.0 Å². The number of nitrogens with zero attached hydrogens (tertiary/aromatic N) is 2. The summed E-state index contributed by atoms with van der Waals surface area (Å²) in [4.78, 5) is 6.95. The van der Waals surface area contributed by atoms with Gasteiger partial charge in [-0.25, -0.2) is 4.39 Å². The Hall–Kier alpha value is -1.62. The Morgan fingerprint density at radius 3 is 2.74 bits per heavy atom. The molecule has 3 N–H and O–H groups in total. The van der Waals surface area contributed by atoms with Crippen LogP contribution >= 0.6 is 0 Å². The fourth-order valence-corrected chi connectivity index (χ4v) is 3.10. The zero-order chi connectivity index (χ0) is 16.9. The molecular formula is C18H29FN4. The predicted molar refractivity (Wildman–Crippen MR) is 94.2 cm³/mol.